The summed E-state index contributed by atoms with van der Waals surface area (Å²) in [4.78, 5) is 11.7. The highest BCUT2D eigenvalue weighted by atomic mass is 16.5. The summed E-state index contributed by atoms with van der Waals surface area (Å²) in [7, 11) is 4.33. The van der Waals surface area contributed by atoms with Crippen LogP contribution in [0.15, 0.2) is 30.5 Å². The minimum absolute atomic E-state index is 0.174. The number of nitrogens with zero attached hydrogens (tertiary/aromatic N) is 5. The number of hydrogen-bond donors (Lipinski definition) is 0. The second kappa shape index (κ2) is 8.04. The van der Waals surface area contributed by atoms with Crippen LogP contribution in [0.5, 0.6) is 0 Å². The van der Waals surface area contributed by atoms with E-state index in [1.54, 1.807) is 6.20 Å². The molecule has 0 saturated carbocycles. The van der Waals surface area contributed by atoms with E-state index in [1.807, 2.05) is 12.1 Å². The number of nitriles is 1. The van der Waals surface area contributed by atoms with E-state index in [9.17, 15) is 5.26 Å². The monoisotopic (exact) mass is 379 g/mol. The normalized spacial score (nSPS) is 26.1. The summed E-state index contributed by atoms with van der Waals surface area (Å²) in [6, 6.07) is 10.9. The highest BCUT2D eigenvalue weighted by Gasteiger charge is 2.31. The highest BCUT2D eigenvalue weighted by molar-refractivity contribution is 5.95. The van der Waals surface area contributed by atoms with Gasteiger partial charge in [-0.1, -0.05) is 0 Å². The van der Waals surface area contributed by atoms with E-state index in [2.05, 4.69) is 58.9 Å². The molecule has 2 aliphatic heterocycles. The van der Waals surface area contributed by atoms with Crippen LogP contribution in [-0.4, -0.2) is 79.9 Å². The van der Waals surface area contributed by atoms with Crippen LogP contribution in [0.3, 0.4) is 0 Å². The molecule has 0 N–H and O–H groups in total. The first-order valence-electron chi connectivity index (χ1n) is 10.1. The average molecular weight is 380 g/mol. The molecule has 0 amide bonds. The Morgan fingerprint density at radius 3 is 2.86 bits per heavy atom. The van der Waals surface area contributed by atoms with Gasteiger partial charge in [0.05, 0.1) is 23.3 Å². The van der Waals surface area contributed by atoms with Gasteiger partial charge in [0.2, 0.25) is 0 Å². The van der Waals surface area contributed by atoms with Crippen molar-refractivity contribution in [2.24, 2.45) is 0 Å². The maximum absolute atomic E-state index is 9.41. The number of aromatic nitrogens is 1. The van der Waals surface area contributed by atoms with E-state index in [0.717, 1.165) is 49.3 Å². The quantitative estimate of drug-likeness (QED) is 0.813. The molecule has 4 rings (SSSR count). The summed E-state index contributed by atoms with van der Waals surface area (Å²) < 4.78 is 6.29. The Morgan fingerprint density at radius 2 is 2.11 bits per heavy atom. The van der Waals surface area contributed by atoms with Gasteiger partial charge in [-0.25, -0.2) is 0 Å². The van der Waals surface area contributed by atoms with Gasteiger partial charge in [-0.15, -0.1) is 0 Å². The van der Waals surface area contributed by atoms with E-state index < -0.39 is 0 Å². The Hall–Kier alpha value is -2.20. The Bertz CT molecular complexity index is 877. The first kappa shape index (κ1) is 19.1. The molecule has 0 spiro atoms. The predicted octanol–water partition coefficient (Wildman–Crippen LogP) is 2.34. The topological polar surface area (TPSA) is 55.6 Å². The number of rotatable bonds is 4. The summed E-state index contributed by atoms with van der Waals surface area (Å²) in [5.74, 6) is 0. The van der Waals surface area contributed by atoms with Crippen LogP contribution >= 0.6 is 0 Å². The second-order valence-electron chi connectivity index (χ2n) is 8.28. The number of pyridine rings is 1. The molecule has 1 aromatic carbocycles. The molecule has 2 fully saturated rings. The van der Waals surface area contributed by atoms with Gasteiger partial charge >= 0.3 is 0 Å². The summed E-state index contributed by atoms with van der Waals surface area (Å²) in [5.41, 5.74) is 2.56. The summed E-state index contributed by atoms with van der Waals surface area (Å²) in [6.45, 7) is 7.09. The van der Waals surface area contributed by atoms with Gasteiger partial charge in [-0.2, -0.15) is 5.26 Å². The zero-order valence-electron chi connectivity index (χ0n) is 17.0. The largest absolute Gasteiger partial charge is 0.370 e. The number of morpholine rings is 1. The number of fused-ring (bicyclic) bond motifs is 1. The molecule has 0 unspecified atom stereocenters. The van der Waals surface area contributed by atoms with Crippen LogP contribution in [0.2, 0.25) is 0 Å². The standard InChI is InChI=1S/C22H29N5O/c1-16-12-27(15-19(28-16)14-26-10-8-18(13-26)25(2)3)21-7-6-17(11-23)22-20(21)5-4-9-24-22/h4-7,9,16,18-19H,8,10,12-15H2,1-3H3/t16-,18+,19-/m1/s1. The zero-order chi connectivity index (χ0) is 19.7. The van der Waals surface area contributed by atoms with Crippen LogP contribution in [-0.2, 0) is 4.74 Å². The minimum atomic E-state index is 0.174. The average Bonchev–Trinajstić information content (AvgIpc) is 3.15. The molecule has 2 aromatic rings. The van der Waals surface area contributed by atoms with Gasteiger partial charge in [0, 0.05) is 49.5 Å². The number of benzene rings is 1. The maximum Gasteiger partial charge on any atom is 0.101 e. The van der Waals surface area contributed by atoms with E-state index in [-0.39, 0.29) is 12.2 Å². The number of hydrogen-bond acceptors (Lipinski definition) is 6. The lowest BCUT2D eigenvalue weighted by atomic mass is 10.1. The van der Waals surface area contributed by atoms with Crippen molar-refractivity contribution < 1.29 is 4.74 Å². The molecule has 28 heavy (non-hydrogen) atoms. The molecular formula is C22H29N5O. The van der Waals surface area contributed by atoms with Crippen LogP contribution in [0.4, 0.5) is 5.69 Å². The van der Waals surface area contributed by atoms with Crippen LogP contribution in [0, 0.1) is 11.3 Å². The lowest BCUT2D eigenvalue weighted by Gasteiger charge is -2.40. The van der Waals surface area contributed by atoms with E-state index in [0.29, 0.717) is 11.6 Å². The van der Waals surface area contributed by atoms with E-state index in [4.69, 9.17) is 4.74 Å². The van der Waals surface area contributed by atoms with E-state index in [1.165, 1.54) is 6.42 Å². The molecule has 2 aliphatic rings. The molecule has 3 heterocycles. The highest BCUT2D eigenvalue weighted by Crippen LogP contribution is 2.30. The number of anilines is 1. The Labute approximate surface area is 167 Å². The van der Waals surface area contributed by atoms with Crippen molar-refractivity contribution in [3.05, 3.63) is 36.0 Å². The van der Waals surface area contributed by atoms with Crippen molar-refractivity contribution in [3.8, 4) is 6.07 Å². The molecule has 148 valence electrons. The second-order valence-corrected chi connectivity index (χ2v) is 8.28. The molecule has 6 nitrogen and oxygen atoms in total. The smallest absolute Gasteiger partial charge is 0.101 e. The van der Waals surface area contributed by atoms with Gasteiger partial charge in [0.25, 0.3) is 0 Å². The van der Waals surface area contributed by atoms with Crippen LogP contribution in [0.1, 0.15) is 18.9 Å². The van der Waals surface area contributed by atoms with Gasteiger partial charge in [-0.05, 0) is 58.3 Å². The Balaban J connectivity index is 1.53. The van der Waals surface area contributed by atoms with Gasteiger partial charge in [0.1, 0.15) is 6.07 Å². The van der Waals surface area contributed by atoms with Gasteiger partial charge in [0.15, 0.2) is 0 Å². The third-order valence-electron chi connectivity index (χ3n) is 5.97. The summed E-state index contributed by atoms with van der Waals surface area (Å²) in [5, 5.41) is 10.5. The number of likely N-dealkylation sites (tertiary alicyclic amines) is 1. The molecule has 0 radical (unpaired) electrons. The molecule has 6 heteroatoms. The lowest BCUT2D eigenvalue weighted by Crippen LogP contribution is -2.50. The van der Waals surface area contributed by atoms with Crippen molar-refractivity contribution in [3.63, 3.8) is 0 Å². The molecule has 3 atom stereocenters. The number of ether oxygens (including phenoxy) is 1. The van der Waals surface area contributed by atoms with Crippen molar-refractivity contribution in [1.29, 1.82) is 5.26 Å². The lowest BCUT2D eigenvalue weighted by molar-refractivity contribution is -0.0299. The maximum atomic E-state index is 9.41. The molecule has 0 bridgehead atoms. The van der Waals surface area contributed by atoms with E-state index >= 15 is 0 Å². The summed E-state index contributed by atoms with van der Waals surface area (Å²) in [6.07, 6.45) is 3.34. The zero-order valence-corrected chi connectivity index (χ0v) is 17.0. The third kappa shape index (κ3) is 3.83. The number of likely N-dealkylation sites (N-methyl/N-ethyl adjacent to an activating group) is 1. The van der Waals surface area contributed by atoms with Crippen molar-refractivity contribution >= 4 is 16.6 Å². The third-order valence-corrected chi connectivity index (χ3v) is 5.97. The SMILES string of the molecule is C[C@@H]1CN(c2ccc(C#N)c3ncccc23)C[C@@H](CN2CC[C@H](N(C)C)C2)O1. The fourth-order valence-corrected chi connectivity index (χ4v) is 4.55. The van der Waals surface area contributed by atoms with Crippen molar-refractivity contribution in [2.45, 2.75) is 31.6 Å². The predicted molar refractivity (Wildman–Crippen MR) is 112 cm³/mol. The van der Waals surface area contributed by atoms with Crippen LogP contribution < -0.4 is 4.90 Å². The van der Waals surface area contributed by atoms with Crippen LogP contribution in [0.25, 0.3) is 10.9 Å². The Morgan fingerprint density at radius 1 is 1.25 bits per heavy atom. The van der Waals surface area contributed by atoms with Crippen molar-refractivity contribution in [1.82, 2.24) is 14.8 Å². The molecule has 2 saturated heterocycles. The first-order chi connectivity index (χ1) is 13.5. The Kier molecular flexibility index (Phi) is 5.49. The van der Waals surface area contributed by atoms with Gasteiger partial charge in [-0.3, -0.25) is 9.88 Å². The minimum Gasteiger partial charge on any atom is -0.370 e. The summed E-state index contributed by atoms with van der Waals surface area (Å²) >= 11 is 0. The van der Waals surface area contributed by atoms with Gasteiger partial charge < -0.3 is 14.5 Å². The molecular weight excluding hydrogens is 350 g/mol. The molecule has 1 aromatic heterocycles. The van der Waals surface area contributed by atoms with Crippen molar-refractivity contribution in [2.75, 3.05) is 51.7 Å². The first-order valence-corrected chi connectivity index (χ1v) is 10.1. The molecule has 0 aliphatic carbocycles. The fourth-order valence-electron chi connectivity index (χ4n) is 4.55. The fraction of sp³-hybridized carbons (Fsp3) is 0.545.